The largest absolute Gasteiger partial charge is 0.168 e. The van der Waals surface area contributed by atoms with Gasteiger partial charge in [0.1, 0.15) is 7.38 Å². The Balaban J connectivity index is 3.56. The molecule has 0 atom stereocenters. The average Bonchev–Trinajstić information content (AvgIpc) is 1.57. The van der Waals surface area contributed by atoms with Crippen molar-refractivity contribution >= 4 is 26.5 Å². The second-order valence-electron chi connectivity index (χ2n) is 4.78. The van der Waals surface area contributed by atoms with Gasteiger partial charge in [-0.25, -0.2) is 0 Å². The molecule has 0 rings (SSSR count). The van der Waals surface area contributed by atoms with E-state index in [1.165, 1.54) is 12.1 Å². The van der Waals surface area contributed by atoms with Crippen LogP contribution in [0.2, 0.25) is 44.8 Å². The third-order valence-electron chi connectivity index (χ3n) is 1.47. The zero-order valence-electron chi connectivity index (χ0n) is 7.79. The molecule has 0 unspecified atom stereocenters. The molecule has 0 aliphatic carbocycles. The topological polar surface area (TPSA) is 0 Å². The smallest absolute Gasteiger partial charge is 0.150 e. The highest BCUT2D eigenvalue weighted by molar-refractivity contribution is 7.19. The highest BCUT2D eigenvalue weighted by Crippen LogP contribution is 2.22. The third kappa shape index (κ3) is 8.72. The van der Waals surface area contributed by atoms with E-state index in [0.29, 0.717) is 0 Å². The monoisotopic (exact) mass is 194 g/mol. The molecular weight excluding hydrogens is 176 g/mol. The van der Waals surface area contributed by atoms with Gasteiger partial charge in [-0.1, -0.05) is 38.8 Å². The Bertz CT molecular complexity index is 85.2. The Morgan fingerprint density at radius 1 is 0.900 bits per heavy atom. The summed E-state index contributed by atoms with van der Waals surface area (Å²) in [7, 11) is -2.08. The number of rotatable bonds is 3. The van der Waals surface area contributed by atoms with E-state index in [9.17, 15) is 0 Å². The quantitative estimate of drug-likeness (QED) is 0.474. The summed E-state index contributed by atoms with van der Waals surface area (Å²) in [5.74, 6) is 0. The molecule has 0 aromatic rings. The molecular formula is C7H19ClSi2. The Morgan fingerprint density at radius 3 is 1.40 bits per heavy atom. The molecule has 0 radical (unpaired) electrons. The maximum atomic E-state index is 6.20. The first kappa shape index (κ1) is 10.7. The predicted octanol–water partition coefficient (Wildman–Crippen LogP) is 3.77. The summed E-state index contributed by atoms with van der Waals surface area (Å²) in [6, 6.07) is 2.69. The molecule has 0 saturated carbocycles. The van der Waals surface area contributed by atoms with E-state index < -0.39 is 15.5 Å². The van der Waals surface area contributed by atoms with Gasteiger partial charge in [-0.2, -0.15) is 11.1 Å². The van der Waals surface area contributed by atoms with E-state index in [1.807, 2.05) is 0 Å². The SMILES string of the molecule is C[Si](C)(C)CC[Si](C)(C)Cl. The molecule has 0 aliphatic heterocycles. The first-order valence-electron chi connectivity index (χ1n) is 3.90. The first-order valence-corrected chi connectivity index (χ1v) is 11.8. The van der Waals surface area contributed by atoms with E-state index in [4.69, 9.17) is 11.1 Å². The van der Waals surface area contributed by atoms with Crippen molar-refractivity contribution in [3.63, 3.8) is 0 Å². The molecule has 0 aliphatic rings. The molecule has 62 valence electrons. The van der Waals surface area contributed by atoms with E-state index in [1.54, 1.807) is 0 Å². The Labute approximate surface area is 71.7 Å². The van der Waals surface area contributed by atoms with Crippen molar-refractivity contribution in [2.75, 3.05) is 0 Å². The Hall–Kier alpha value is 0.724. The second kappa shape index (κ2) is 3.41. The number of halogens is 1. The standard InChI is InChI=1S/C7H19ClSi2/c1-9(2,3)6-7-10(4,5)8/h6-7H2,1-5H3. The molecule has 10 heavy (non-hydrogen) atoms. The van der Waals surface area contributed by atoms with Gasteiger partial charge in [0.05, 0.1) is 0 Å². The lowest BCUT2D eigenvalue weighted by molar-refractivity contribution is 1.30. The molecule has 0 amide bonds. The van der Waals surface area contributed by atoms with Crippen molar-refractivity contribution < 1.29 is 0 Å². The molecule has 0 spiro atoms. The zero-order chi connectivity index (χ0) is 8.41. The maximum Gasteiger partial charge on any atom is 0.150 e. The van der Waals surface area contributed by atoms with Crippen LogP contribution in [0.3, 0.4) is 0 Å². The summed E-state index contributed by atoms with van der Waals surface area (Å²) in [4.78, 5) is 0. The maximum absolute atomic E-state index is 6.20. The van der Waals surface area contributed by atoms with Crippen LogP contribution >= 0.6 is 11.1 Å². The van der Waals surface area contributed by atoms with Gasteiger partial charge >= 0.3 is 0 Å². The minimum absolute atomic E-state index is 0.817. The summed E-state index contributed by atoms with van der Waals surface area (Å²) >= 11 is 6.20. The molecule has 0 N–H and O–H groups in total. The van der Waals surface area contributed by atoms with Gasteiger partial charge in [-0.15, -0.1) is 0 Å². The van der Waals surface area contributed by atoms with Gasteiger partial charge in [-0.3, -0.25) is 0 Å². The Kier molecular flexibility index (Phi) is 3.66. The molecule has 0 heterocycles. The normalized spacial score (nSPS) is 13.8. The third-order valence-corrected chi connectivity index (χ3v) is 5.73. The lowest BCUT2D eigenvalue weighted by Gasteiger charge is -2.20. The molecule has 0 aromatic heterocycles. The summed E-state index contributed by atoms with van der Waals surface area (Å²) in [5.41, 5.74) is 0. The number of hydrogen-bond acceptors (Lipinski definition) is 0. The van der Waals surface area contributed by atoms with Crippen LogP contribution in [-0.4, -0.2) is 15.5 Å². The van der Waals surface area contributed by atoms with Gasteiger partial charge in [0.15, 0.2) is 0 Å². The van der Waals surface area contributed by atoms with Crippen molar-refractivity contribution in [3.05, 3.63) is 0 Å². The van der Waals surface area contributed by atoms with Crippen molar-refractivity contribution in [3.8, 4) is 0 Å². The number of hydrogen-bond donors (Lipinski definition) is 0. The predicted molar refractivity (Wildman–Crippen MR) is 56.3 cm³/mol. The van der Waals surface area contributed by atoms with Crippen LogP contribution in [0.4, 0.5) is 0 Å². The fraction of sp³-hybridized carbons (Fsp3) is 1.00. The lowest BCUT2D eigenvalue weighted by Crippen LogP contribution is -2.25. The molecule has 0 aromatic carbocycles. The van der Waals surface area contributed by atoms with Crippen LogP contribution in [0.25, 0.3) is 0 Å². The van der Waals surface area contributed by atoms with Crippen LogP contribution in [0.15, 0.2) is 0 Å². The lowest BCUT2D eigenvalue weighted by atomic mass is 10.9. The van der Waals surface area contributed by atoms with E-state index >= 15 is 0 Å². The van der Waals surface area contributed by atoms with Crippen molar-refractivity contribution in [1.29, 1.82) is 0 Å². The molecule has 0 bridgehead atoms. The molecule has 0 saturated heterocycles. The molecule has 0 nitrogen and oxygen atoms in total. The van der Waals surface area contributed by atoms with Crippen LogP contribution < -0.4 is 0 Å². The average molecular weight is 195 g/mol. The van der Waals surface area contributed by atoms with Gasteiger partial charge in [-0.05, 0) is 6.04 Å². The minimum atomic E-state index is -1.26. The fourth-order valence-electron chi connectivity index (χ4n) is 0.672. The summed E-state index contributed by atoms with van der Waals surface area (Å²) in [6.07, 6.45) is 0. The van der Waals surface area contributed by atoms with E-state index in [-0.39, 0.29) is 0 Å². The molecule has 3 heteroatoms. The van der Waals surface area contributed by atoms with Gasteiger partial charge < -0.3 is 0 Å². The van der Waals surface area contributed by atoms with Gasteiger partial charge in [0.25, 0.3) is 0 Å². The fourth-order valence-corrected chi connectivity index (χ4v) is 6.90. The van der Waals surface area contributed by atoms with Gasteiger partial charge in [0.2, 0.25) is 0 Å². The van der Waals surface area contributed by atoms with Gasteiger partial charge in [0, 0.05) is 8.07 Å². The van der Waals surface area contributed by atoms with E-state index in [0.717, 1.165) is 0 Å². The highest BCUT2D eigenvalue weighted by Gasteiger charge is 2.21. The summed E-state index contributed by atoms with van der Waals surface area (Å²) in [5, 5.41) is 0. The van der Waals surface area contributed by atoms with Crippen LogP contribution in [0, 0.1) is 0 Å². The zero-order valence-corrected chi connectivity index (χ0v) is 10.5. The van der Waals surface area contributed by atoms with Crippen LogP contribution in [0.1, 0.15) is 0 Å². The minimum Gasteiger partial charge on any atom is -0.168 e. The highest BCUT2D eigenvalue weighted by atomic mass is 35.6. The van der Waals surface area contributed by atoms with Crippen LogP contribution in [0.5, 0.6) is 0 Å². The van der Waals surface area contributed by atoms with Crippen molar-refractivity contribution in [1.82, 2.24) is 0 Å². The van der Waals surface area contributed by atoms with Crippen molar-refractivity contribution in [2.45, 2.75) is 44.8 Å². The molecule has 0 fully saturated rings. The summed E-state index contributed by atoms with van der Waals surface area (Å²) in [6.45, 7) is 11.7. The van der Waals surface area contributed by atoms with Crippen molar-refractivity contribution in [2.24, 2.45) is 0 Å². The Morgan fingerprint density at radius 2 is 1.30 bits per heavy atom. The first-order chi connectivity index (χ1) is 4.21. The van der Waals surface area contributed by atoms with E-state index in [2.05, 4.69) is 32.7 Å². The summed E-state index contributed by atoms with van der Waals surface area (Å²) < 4.78 is 0. The second-order valence-corrected chi connectivity index (χ2v) is 17.4. The van der Waals surface area contributed by atoms with Crippen LogP contribution in [-0.2, 0) is 0 Å².